The number of nitrogens with one attached hydrogen (secondary N) is 3. The maximum absolute atomic E-state index is 11.5. The minimum Gasteiger partial charge on any atom is -0.355 e. The molecule has 3 N–H and O–H groups in total. The highest BCUT2D eigenvalue weighted by Crippen LogP contribution is 2.17. The summed E-state index contributed by atoms with van der Waals surface area (Å²) < 4.78 is 0. The molecule has 1 atom stereocenters. The van der Waals surface area contributed by atoms with Crippen molar-refractivity contribution in [2.75, 3.05) is 19.6 Å². The van der Waals surface area contributed by atoms with Crippen LogP contribution in [0, 0.1) is 0 Å². The molecule has 0 saturated carbocycles. The topological polar surface area (TPSA) is 70.2 Å². The van der Waals surface area contributed by atoms with Gasteiger partial charge in [0.05, 0.1) is 0 Å². The van der Waals surface area contributed by atoms with Gasteiger partial charge in [-0.15, -0.1) is 0 Å². The Balaban J connectivity index is 2.11. The van der Waals surface area contributed by atoms with Crippen molar-refractivity contribution < 1.29 is 9.59 Å². The quantitative estimate of drug-likeness (QED) is 0.663. The summed E-state index contributed by atoms with van der Waals surface area (Å²) in [4.78, 5) is 22.1. The number of hydrogen-bond acceptors (Lipinski definition) is 2. The smallest absolute Gasteiger partial charge is 0.314 e. The molecule has 0 aliphatic carbocycles. The van der Waals surface area contributed by atoms with E-state index in [0.717, 1.165) is 6.42 Å². The molecule has 0 aliphatic rings. The summed E-state index contributed by atoms with van der Waals surface area (Å²) in [6.45, 7) is 5.10. The van der Waals surface area contributed by atoms with Gasteiger partial charge in [0.25, 0.3) is 0 Å². The zero-order valence-electron chi connectivity index (χ0n) is 12.1. The summed E-state index contributed by atoms with van der Waals surface area (Å²) in [7, 11) is 0. The Morgan fingerprint density at radius 3 is 2.25 bits per heavy atom. The predicted octanol–water partition coefficient (Wildman–Crippen LogP) is 1.62. The van der Waals surface area contributed by atoms with E-state index in [-0.39, 0.29) is 11.9 Å². The first-order valence-corrected chi connectivity index (χ1v) is 6.90. The van der Waals surface area contributed by atoms with Crippen molar-refractivity contribution in [2.45, 2.75) is 26.2 Å². The van der Waals surface area contributed by atoms with Gasteiger partial charge < -0.3 is 16.0 Å². The van der Waals surface area contributed by atoms with Crippen LogP contribution < -0.4 is 16.0 Å². The van der Waals surface area contributed by atoms with Gasteiger partial charge >= 0.3 is 6.03 Å². The standard InChI is InChI=1S/C15H23N3O2/c1-12(14-6-4-3-5-7-14)8-9-17-15(20)18-11-10-16-13(2)19/h3-7,12H,8-11H2,1-2H3,(H,16,19)(H2,17,18,20). The summed E-state index contributed by atoms with van der Waals surface area (Å²) >= 11 is 0. The number of carbonyl (C=O) groups excluding carboxylic acids is 2. The van der Waals surface area contributed by atoms with Crippen molar-refractivity contribution in [1.29, 1.82) is 0 Å². The SMILES string of the molecule is CC(=O)NCCNC(=O)NCCC(C)c1ccccc1. The number of rotatable bonds is 7. The summed E-state index contributed by atoms with van der Waals surface area (Å²) in [6.07, 6.45) is 0.892. The summed E-state index contributed by atoms with van der Waals surface area (Å²) in [5.41, 5.74) is 1.28. The highest BCUT2D eigenvalue weighted by Gasteiger charge is 2.05. The Labute approximate surface area is 120 Å². The molecule has 5 nitrogen and oxygen atoms in total. The lowest BCUT2D eigenvalue weighted by molar-refractivity contribution is -0.118. The van der Waals surface area contributed by atoms with Gasteiger partial charge in [0.1, 0.15) is 0 Å². The molecular weight excluding hydrogens is 254 g/mol. The molecule has 5 heteroatoms. The molecule has 0 spiro atoms. The summed E-state index contributed by atoms with van der Waals surface area (Å²) in [6, 6.07) is 10.0. The Morgan fingerprint density at radius 2 is 1.60 bits per heavy atom. The molecule has 1 rings (SSSR count). The molecule has 1 aromatic rings. The van der Waals surface area contributed by atoms with Crippen LogP contribution in [0.1, 0.15) is 31.7 Å². The lowest BCUT2D eigenvalue weighted by Gasteiger charge is -2.13. The van der Waals surface area contributed by atoms with Gasteiger partial charge in [0.15, 0.2) is 0 Å². The average molecular weight is 277 g/mol. The number of benzene rings is 1. The second kappa shape index (κ2) is 8.96. The molecule has 0 radical (unpaired) electrons. The number of hydrogen-bond donors (Lipinski definition) is 3. The van der Waals surface area contributed by atoms with E-state index in [4.69, 9.17) is 0 Å². The van der Waals surface area contributed by atoms with Gasteiger partial charge in [-0.2, -0.15) is 0 Å². The second-order valence-corrected chi connectivity index (χ2v) is 4.77. The molecule has 1 unspecified atom stereocenters. The number of urea groups is 1. The molecule has 110 valence electrons. The van der Waals surface area contributed by atoms with E-state index >= 15 is 0 Å². The molecular formula is C15H23N3O2. The maximum Gasteiger partial charge on any atom is 0.314 e. The van der Waals surface area contributed by atoms with E-state index in [1.165, 1.54) is 12.5 Å². The highest BCUT2D eigenvalue weighted by molar-refractivity contribution is 5.74. The fraction of sp³-hybridized carbons (Fsp3) is 0.467. The van der Waals surface area contributed by atoms with Crippen LogP contribution in [0.25, 0.3) is 0 Å². The van der Waals surface area contributed by atoms with Crippen LogP contribution in [0.2, 0.25) is 0 Å². The van der Waals surface area contributed by atoms with Crippen LogP contribution in [0.4, 0.5) is 4.79 Å². The summed E-state index contributed by atoms with van der Waals surface area (Å²) in [5.74, 6) is 0.319. The minimum atomic E-state index is -0.199. The zero-order valence-corrected chi connectivity index (χ0v) is 12.1. The third kappa shape index (κ3) is 6.78. The van der Waals surface area contributed by atoms with E-state index in [9.17, 15) is 9.59 Å². The third-order valence-electron chi connectivity index (χ3n) is 3.02. The average Bonchev–Trinajstić information content (AvgIpc) is 2.44. The monoisotopic (exact) mass is 277 g/mol. The largest absolute Gasteiger partial charge is 0.355 e. The number of amides is 3. The Hall–Kier alpha value is -2.04. The van der Waals surface area contributed by atoms with Crippen molar-refractivity contribution in [3.63, 3.8) is 0 Å². The van der Waals surface area contributed by atoms with E-state index in [2.05, 4.69) is 35.0 Å². The van der Waals surface area contributed by atoms with Crippen LogP contribution in [0.15, 0.2) is 30.3 Å². The van der Waals surface area contributed by atoms with Crippen molar-refractivity contribution in [2.24, 2.45) is 0 Å². The molecule has 3 amide bonds. The lowest BCUT2D eigenvalue weighted by Crippen LogP contribution is -2.40. The van der Waals surface area contributed by atoms with Crippen LogP contribution in [-0.2, 0) is 4.79 Å². The Kier molecular flexibility index (Phi) is 7.17. The van der Waals surface area contributed by atoms with Crippen molar-refractivity contribution >= 4 is 11.9 Å². The highest BCUT2D eigenvalue weighted by atomic mass is 16.2. The minimum absolute atomic E-state index is 0.0936. The van der Waals surface area contributed by atoms with E-state index in [0.29, 0.717) is 25.6 Å². The first-order chi connectivity index (χ1) is 9.59. The van der Waals surface area contributed by atoms with Crippen LogP contribution in [0.5, 0.6) is 0 Å². The second-order valence-electron chi connectivity index (χ2n) is 4.77. The van der Waals surface area contributed by atoms with Crippen LogP contribution >= 0.6 is 0 Å². The first kappa shape index (κ1) is 16.0. The number of carbonyl (C=O) groups is 2. The Morgan fingerprint density at radius 1 is 1.00 bits per heavy atom. The van der Waals surface area contributed by atoms with Crippen molar-refractivity contribution in [3.8, 4) is 0 Å². The third-order valence-corrected chi connectivity index (χ3v) is 3.02. The van der Waals surface area contributed by atoms with Gasteiger partial charge in [-0.25, -0.2) is 4.79 Å². The van der Waals surface area contributed by atoms with Crippen molar-refractivity contribution in [3.05, 3.63) is 35.9 Å². The zero-order chi connectivity index (χ0) is 14.8. The molecule has 0 saturated heterocycles. The maximum atomic E-state index is 11.5. The lowest BCUT2D eigenvalue weighted by atomic mass is 9.98. The van der Waals surface area contributed by atoms with E-state index < -0.39 is 0 Å². The molecule has 0 heterocycles. The molecule has 20 heavy (non-hydrogen) atoms. The molecule has 0 fully saturated rings. The fourth-order valence-electron chi connectivity index (χ4n) is 1.83. The molecule has 0 bridgehead atoms. The Bertz CT molecular complexity index is 420. The summed E-state index contributed by atoms with van der Waals surface area (Å²) in [5, 5.41) is 8.11. The van der Waals surface area contributed by atoms with Crippen LogP contribution in [0.3, 0.4) is 0 Å². The van der Waals surface area contributed by atoms with Gasteiger partial charge in [-0.1, -0.05) is 37.3 Å². The van der Waals surface area contributed by atoms with Gasteiger partial charge in [-0.3, -0.25) is 4.79 Å². The van der Waals surface area contributed by atoms with Crippen LogP contribution in [-0.4, -0.2) is 31.6 Å². The normalized spacial score (nSPS) is 11.5. The van der Waals surface area contributed by atoms with Gasteiger partial charge in [-0.05, 0) is 17.9 Å². The molecule has 0 aliphatic heterocycles. The molecule has 0 aromatic heterocycles. The fourth-order valence-corrected chi connectivity index (χ4v) is 1.83. The van der Waals surface area contributed by atoms with E-state index in [1.807, 2.05) is 18.2 Å². The predicted molar refractivity (Wildman–Crippen MR) is 79.6 cm³/mol. The van der Waals surface area contributed by atoms with Gasteiger partial charge in [0, 0.05) is 26.6 Å². The molecule has 1 aromatic carbocycles. The first-order valence-electron chi connectivity index (χ1n) is 6.90. The van der Waals surface area contributed by atoms with Gasteiger partial charge in [0.2, 0.25) is 5.91 Å². The van der Waals surface area contributed by atoms with E-state index in [1.54, 1.807) is 0 Å². The van der Waals surface area contributed by atoms with Crippen molar-refractivity contribution in [1.82, 2.24) is 16.0 Å².